The van der Waals surface area contributed by atoms with E-state index in [1.54, 1.807) is 17.0 Å². The van der Waals surface area contributed by atoms with Crippen LogP contribution in [0.5, 0.6) is 0 Å². The van der Waals surface area contributed by atoms with Crippen LogP contribution >= 0.6 is 11.6 Å². The van der Waals surface area contributed by atoms with E-state index >= 15 is 0 Å². The summed E-state index contributed by atoms with van der Waals surface area (Å²) in [6, 6.07) is 12.8. The number of carbonyl (C=O) groups excluding carboxylic acids is 1. The van der Waals surface area contributed by atoms with Crippen molar-refractivity contribution in [1.82, 2.24) is 19.9 Å². The number of aromatic nitrogens is 2. The molecule has 1 amide bonds. The van der Waals surface area contributed by atoms with Crippen LogP contribution in [0, 0.1) is 10.1 Å². The van der Waals surface area contributed by atoms with Crippen molar-refractivity contribution in [2.45, 2.75) is 13.0 Å². The lowest BCUT2D eigenvalue weighted by Crippen LogP contribution is -2.49. The fourth-order valence-electron chi connectivity index (χ4n) is 3.50. The fraction of sp³-hybridized carbons (Fsp3) is 0.286. The number of amides is 1. The summed E-state index contributed by atoms with van der Waals surface area (Å²) in [5.74, 6) is 0.885. The second-order valence-corrected chi connectivity index (χ2v) is 7.71. The molecule has 2 aromatic carbocycles. The van der Waals surface area contributed by atoms with Crippen molar-refractivity contribution in [2.24, 2.45) is 0 Å². The van der Waals surface area contributed by atoms with Gasteiger partial charge in [-0.3, -0.25) is 19.8 Å². The molecule has 0 radical (unpaired) electrons. The number of benzene rings is 2. The molecule has 0 aliphatic carbocycles. The summed E-state index contributed by atoms with van der Waals surface area (Å²) in [6.45, 7) is 4.38. The maximum Gasteiger partial charge on any atom is 0.269 e. The third-order valence-corrected chi connectivity index (χ3v) is 5.63. The molecule has 0 N–H and O–H groups in total. The molecule has 1 fully saturated rings. The minimum Gasteiger partial charge on any atom is -0.337 e. The summed E-state index contributed by atoms with van der Waals surface area (Å²) >= 11 is 5.92. The Morgan fingerprint density at radius 2 is 1.74 bits per heavy atom. The molecule has 0 bridgehead atoms. The number of halogens is 1. The Labute approximate surface area is 183 Å². The van der Waals surface area contributed by atoms with Gasteiger partial charge in [-0.2, -0.15) is 4.98 Å². The van der Waals surface area contributed by atoms with Gasteiger partial charge in [0.2, 0.25) is 11.7 Å². The van der Waals surface area contributed by atoms with Crippen LogP contribution in [-0.4, -0.2) is 56.9 Å². The fourth-order valence-corrected chi connectivity index (χ4v) is 3.62. The van der Waals surface area contributed by atoms with E-state index < -0.39 is 4.92 Å². The highest BCUT2D eigenvalue weighted by Crippen LogP contribution is 2.25. The number of nitro groups is 1. The zero-order valence-corrected chi connectivity index (χ0v) is 17.5. The van der Waals surface area contributed by atoms with E-state index in [1.165, 1.54) is 24.3 Å². The molecule has 1 saturated heterocycles. The number of hydrogen-bond donors (Lipinski definition) is 0. The van der Waals surface area contributed by atoms with Crippen molar-refractivity contribution >= 4 is 23.2 Å². The van der Waals surface area contributed by atoms with Gasteiger partial charge in [-0.15, -0.1) is 0 Å². The maximum atomic E-state index is 12.7. The topological polar surface area (TPSA) is 106 Å². The van der Waals surface area contributed by atoms with Gasteiger partial charge in [-0.05, 0) is 43.3 Å². The zero-order chi connectivity index (χ0) is 22.0. The molecular formula is C21H20ClN5O4. The molecule has 0 spiro atoms. The average molecular weight is 442 g/mol. The third-order valence-electron chi connectivity index (χ3n) is 5.38. The second-order valence-electron chi connectivity index (χ2n) is 7.27. The van der Waals surface area contributed by atoms with Crippen LogP contribution in [0.25, 0.3) is 11.4 Å². The van der Waals surface area contributed by atoms with E-state index in [0.29, 0.717) is 48.5 Å². The Morgan fingerprint density at radius 1 is 1.10 bits per heavy atom. The molecule has 1 aromatic heterocycles. The monoisotopic (exact) mass is 441 g/mol. The van der Waals surface area contributed by atoms with Gasteiger partial charge in [0.05, 0.1) is 11.0 Å². The standard InChI is InChI=1S/C21H20ClN5O4/c1-14(20-23-19(24-31-20)15-2-6-17(22)7-3-15)25-10-12-26(13-11-25)21(28)16-4-8-18(9-5-16)27(29)30/h2-9,14H,10-13H2,1H3/t14-/m1/s1. The largest absolute Gasteiger partial charge is 0.337 e. The maximum absolute atomic E-state index is 12.7. The predicted molar refractivity (Wildman–Crippen MR) is 114 cm³/mol. The Hall–Kier alpha value is -3.30. The molecule has 0 unspecified atom stereocenters. The van der Waals surface area contributed by atoms with Crippen LogP contribution in [0.4, 0.5) is 5.69 Å². The van der Waals surface area contributed by atoms with Crippen molar-refractivity contribution in [3.63, 3.8) is 0 Å². The van der Waals surface area contributed by atoms with Crippen LogP contribution < -0.4 is 0 Å². The van der Waals surface area contributed by atoms with Crippen molar-refractivity contribution in [3.05, 3.63) is 75.1 Å². The molecule has 2 heterocycles. The van der Waals surface area contributed by atoms with Crippen molar-refractivity contribution in [1.29, 1.82) is 0 Å². The summed E-state index contributed by atoms with van der Waals surface area (Å²) in [6.07, 6.45) is 0. The highest BCUT2D eigenvalue weighted by Gasteiger charge is 2.28. The number of rotatable bonds is 5. The van der Waals surface area contributed by atoms with Crippen LogP contribution in [0.15, 0.2) is 53.1 Å². The van der Waals surface area contributed by atoms with E-state index in [0.717, 1.165) is 5.56 Å². The van der Waals surface area contributed by atoms with Gasteiger partial charge in [0.25, 0.3) is 11.6 Å². The number of hydrogen-bond acceptors (Lipinski definition) is 7. The highest BCUT2D eigenvalue weighted by atomic mass is 35.5. The van der Waals surface area contributed by atoms with Crippen LogP contribution in [-0.2, 0) is 0 Å². The quantitative estimate of drug-likeness (QED) is 0.437. The molecule has 9 nitrogen and oxygen atoms in total. The molecule has 3 aromatic rings. The van der Waals surface area contributed by atoms with Gasteiger partial charge in [-0.1, -0.05) is 16.8 Å². The van der Waals surface area contributed by atoms with Gasteiger partial charge in [-0.25, -0.2) is 0 Å². The summed E-state index contributed by atoms with van der Waals surface area (Å²) in [7, 11) is 0. The van der Waals surface area contributed by atoms with Crippen LogP contribution in [0.2, 0.25) is 5.02 Å². The number of nitrogens with zero attached hydrogens (tertiary/aromatic N) is 5. The SMILES string of the molecule is C[C@H](c1nc(-c2ccc(Cl)cc2)no1)N1CCN(C(=O)c2ccc([N+](=O)[O-])cc2)CC1. The lowest BCUT2D eigenvalue weighted by atomic mass is 10.1. The minimum atomic E-state index is -0.482. The van der Waals surface area contributed by atoms with E-state index in [4.69, 9.17) is 16.1 Å². The van der Waals surface area contributed by atoms with Gasteiger partial charge < -0.3 is 9.42 Å². The molecule has 4 rings (SSSR count). The third kappa shape index (κ3) is 4.57. The first-order valence-electron chi connectivity index (χ1n) is 9.79. The summed E-state index contributed by atoms with van der Waals surface area (Å²) < 4.78 is 5.47. The van der Waals surface area contributed by atoms with Gasteiger partial charge >= 0.3 is 0 Å². The predicted octanol–water partition coefficient (Wildman–Crippen LogP) is 3.82. The Bertz CT molecular complexity index is 1080. The summed E-state index contributed by atoms with van der Waals surface area (Å²) in [5.41, 5.74) is 1.23. The Kier molecular flexibility index (Phi) is 5.97. The first-order valence-corrected chi connectivity index (χ1v) is 10.2. The molecule has 10 heteroatoms. The van der Waals surface area contributed by atoms with Gasteiger partial charge in [0.15, 0.2) is 0 Å². The number of non-ortho nitro benzene ring substituents is 1. The minimum absolute atomic E-state index is 0.0345. The first-order chi connectivity index (χ1) is 14.9. The number of nitro benzene ring substituents is 1. The van der Waals surface area contributed by atoms with Gasteiger partial charge in [0.1, 0.15) is 0 Å². The van der Waals surface area contributed by atoms with Crippen LogP contribution in [0.3, 0.4) is 0 Å². The normalized spacial score (nSPS) is 15.6. The van der Waals surface area contributed by atoms with E-state index in [9.17, 15) is 14.9 Å². The molecule has 1 atom stereocenters. The first kappa shape index (κ1) is 21.0. The summed E-state index contributed by atoms with van der Waals surface area (Å²) in [5, 5.41) is 15.5. The second kappa shape index (κ2) is 8.83. The van der Waals surface area contributed by atoms with Crippen LogP contribution in [0.1, 0.15) is 29.2 Å². The molecular weight excluding hydrogens is 422 g/mol. The lowest BCUT2D eigenvalue weighted by molar-refractivity contribution is -0.384. The average Bonchev–Trinajstić information content (AvgIpc) is 3.29. The lowest BCUT2D eigenvalue weighted by Gasteiger charge is -2.36. The highest BCUT2D eigenvalue weighted by molar-refractivity contribution is 6.30. The number of carbonyl (C=O) groups is 1. The molecule has 31 heavy (non-hydrogen) atoms. The van der Waals surface area contributed by atoms with Crippen molar-refractivity contribution in [2.75, 3.05) is 26.2 Å². The Morgan fingerprint density at radius 3 is 2.35 bits per heavy atom. The summed E-state index contributed by atoms with van der Waals surface area (Å²) in [4.78, 5) is 31.4. The molecule has 1 aliphatic heterocycles. The van der Waals surface area contributed by atoms with E-state index in [2.05, 4.69) is 15.0 Å². The van der Waals surface area contributed by atoms with Crippen molar-refractivity contribution in [3.8, 4) is 11.4 Å². The molecule has 0 saturated carbocycles. The Balaban J connectivity index is 1.36. The molecule has 1 aliphatic rings. The van der Waals surface area contributed by atoms with Crippen molar-refractivity contribution < 1.29 is 14.2 Å². The van der Waals surface area contributed by atoms with E-state index in [1.807, 2.05) is 19.1 Å². The number of piperazine rings is 1. The van der Waals surface area contributed by atoms with Gasteiger partial charge in [0, 0.05) is 54.5 Å². The smallest absolute Gasteiger partial charge is 0.269 e. The van der Waals surface area contributed by atoms with E-state index in [-0.39, 0.29) is 17.6 Å². The molecule has 160 valence electrons. The zero-order valence-electron chi connectivity index (χ0n) is 16.8.